The molecule has 8 heteroatoms. The second-order valence-electron chi connectivity index (χ2n) is 7.22. The van der Waals surface area contributed by atoms with Gasteiger partial charge >= 0.3 is 12.0 Å². The lowest BCUT2D eigenvalue weighted by Crippen LogP contribution is -2.50. The lowest BCUT2D eigenvalue weighted by atomic mass is 9.83. The van der Waals surface area contributed by atoms with Crippen LogP contribution in [0.25, 0.3) is 0 Å². The predicted octanol–water partition coefficient (Wildman–Crippen LogP) is 2.43. The second kappa shape index (κ2) is 7.10. The SMILES string of the molecule is COC(=O)c1cc(NC(=O)N2CC3CC(C2)c2cccc(=O)n2C3)ccc1F. The third-order valence-electron chi connectivity index (χ3n) is 5.39. The van der Waals surface area contributed by atoms with Crippen LogP contribution in [-0.4, -0.2) is 41.7 Å². The van der Waals surface area contributed by atoms with Crippen LogP contribution in [-0.2, 0) is 11.3 Å². The zero-order valence-corrected chi connectivity index (χ0v) is 15.4. The van der Waals surface area contributed by atoms with E-state index in [1.54, 1.807) is 21.6 Å². The molecule has 28 heavy (non-hydrogen) atoms. The van der Waals surface area contributed by atoms with E-state index in [0.717, 1.165) is 18.2 Å². The Morgan fingerprint density at radius 2 is 2.00 bits per heavy atom. The molecule has 2 bridgehead atoms. The number of aromatic nitrogens is 1. The maximum absolute atomic E-state index is 13.8. The number of carbonyl (C=O) groups excluding carboxylic acids is 2. The quantitative estimate of drug-likeness (QED) is 0.805. The Hall–Kier alpha value is -3.16. The highest BCUT2D eigenvalue weighted by molar-refractivity contribution is 5.94. The van der Waals surface area contributed by atoms with Crippen LogP contribution in [0.1, 0.15) is 28.4 Å². The van der Waals surface area contributed by atoms with E-state index in [9.17, 15) is 18.8 Å². The first kappa shape index (κ1) is 18.2. The fourth-order valence-corrected chi connectivity index (χ4v) is 4.13. The Morgan fingerprint density at radius 3 is 2.79 bits per heavy atom. The molecule has 1 saturated heterocycles. The van der Waals surface area contributed by atoms with E-state index in [1.807, 2.05) is 6.07 Å². The normalized spacial score (nSPS) is 20.3. The Kier molecular flexibility index (Phi) is 4.62. The summed E-state index contributed by atoms with van der Waals surface area (Å²) in [5.41, 5.74) is 1.03. The molecule has 0 saturated carbocycles. The highest BCUT2D eigenvalue weighted by atomic mass is 19.1. The van der Waals surface area contributed by atoms with Crippen LogP contribution in [0.3, 0.4) is 0 Å². The van der Waals surface area contributed by atoms with Gasteiger partial charge in [0, 0.05) is 43.0 Å². The second-order valence-corrected chi connectivity index (χ2v) is 7.22. The van der Waals surface area contributed by atoms with Gasteiger partial charge in [0.1, 0.15) is 5.82 Å². The number of urea groups is 1. The van der Waals surface area contributed by atoms with Crippen LogP contribution in [0.5, 0.6) is 0 Å². The van der Waals surface area contributed by atoms with Gasteiger partial charge in [0.2, 0.25) is 0 Å². The summed E-state index contributed by atoms with van der Waals surface area (Å²) >= 11 is 0. The summed E-state index contributed by atoms with van der Waals surface area (Å²) in [6.45, 7) is 1.63. The molecule has 2 amide bonds. The first-order valence-corrected chi connectivity index (χ1v) is 9.10. The largest absolute Gasteiger partial charge is 0.465 e. The zero-order valence-electron chi connectivity index (χ0n) is 15.4. The lowest BCUT2D eigenvalue weighted by Gasteiger charge is -2.42. The number of amides is 2. The first-order valence-electron chi connectivity index (χ1n) is 9.10. The molecule has 0 spiro atoms. The first-order chi connectivity index (χ1) is 13.5. The summed E-state index contributed by atoms with van der Waals surface area (Å²) in [7, 11) is 1.17. The molecule has 1 aromatic carbocycles. The van der Waals surface area contributed by atoms with Gasteiger partial charge in [-0.05, 0) is 36.6 Å². The molecule has 1 aromatic heterocycles. The molecule has 1 fully saturated rings. The molecular formula is C20H20FN3O4. The number of nitrogens with one attached hydrogen (secondary N) is 1. The number of halogens is 1. The van der Waals surface area contributed by atoms with Crippen molar-refractivity contribution < 1.29 is 18.7 Å². The monoisotopic (exact) mass is 385 g/mol. The Labute approximate surface area is 160 Å². The van der Waals surface area contributed by atoms with Gasteiger partial charge in [0.15, 0.2) is 0 Å². The van der Waals surface area contributed by atoms with Crippen molar-refractivity contribution in [2.75, 3.05) is 25.5 Å². The summed E-state index contributed by atoms with van der Waals surface area (Å²) in [5.74, 6) is -1.20. The van der Waals surface area contributed by atoms with Gasteiger partial charge in [-0.25, -0.2) is 14.0 Å². The van der Waals surface area contributed by atoms with Crippen molar-refractivity contribution in [1.29, 1.82) is 0 Å². The number of benzene rings is 1. The summed E-state index contributed by atoms with van der Waals surface area (Å²) < 4.78 is 20.1. The number of nitrogens with zero attached hydrogens (tertiary/aromatic N) is 2. The molecule has 2 aromatic rings. The van der Waals surface area contributed by atoms with Crippen LogP contribution >= 0.6 is 0 Å². The molecule has 7 nitrogen and oxygen atoms in total. The smallest absolute Gasteiger partial charge is 0.340 e. The molecule has 2 aliphatic rings. The van der Waals surface area contributed by atoms with Crippen LogP contribution in [0.15, 0.2) is 41.2 Å². The fourth-order valence-electron chi connectivity index (χ4n) is 4.13. The Morgan fingerprint density at radius 1 is 1.18 bits per heavy atom. The summed E-state index contributed by atoms with van der Waals surface area (Å²) in [6.07, 6.45) is 0.941. The van der Waals surface area contributed by atoms with Crippen LogP contribution in [0.4, 0.5) is 14.9 Å². The highest BCUT2D eigenvalue weighted by Crippen LogP contribution is 2.35. The summed E-state index contributed by atoms with van der Waals surface area (Å²) in [5, 5.41) is 2.73. The lowest BCUT2D eigenvalue weighted by molar-refractivity contribution is 0.0595. The number of piperidine rings is 1. The number of likely N-dealkylation sites (tertiary alicyclic amines) is 1. The molecular weight excluding hydrogens is 365 g/mol. The van der Waals surface area contributed by atoms with Gasteiger partial charge in [0.05, 0.1) is 12.7 Å². The maximum Gasteiger partial charge on any atom is 0.340 e. The minimum Gasteiger partial charge on any atom is -0.465 e. The summed E-state index contributed by atoms with van der Waals surface area (Å²) in [4.78, 5) is 38.2. The third-order valence-corrected chi connectivity index (χ3v) is 5.39. The molecule has 0 radical (unpaired) electrons. The standard InChI is InChI=1S/C20H20FN3O4/c1-28-19(26)15-8-14(5-6-16(15)21)22-20(27)23-9-12-7-13(11-23)17-3-2-4-18(25)24(17)10-12/h2-6,8,12-13H,7,9-11H2,1H3,(H,22,27). The average Bonchev–Trinajstić information content (AvgIpc) is 2.69. The number of hydrogen-bond donors (Lipinski definition) is 1. The van der Waals surface area contributed by atoms with E-state index in [1.165, 1.54) is 19.2 Å². The molecule has 146 valence electrons. The number of esters is 1. The molecule has 4 rings (SSSR count). The minimum absolute atomic E-state index is 0.00764. The number of fused-ring (bicyclic) bond motifs is 4. The molecule has 3 heterocycles. The van der Waals surface area contributed by atoms with Crippen LogP contribution < -0.4 is 10.9 Å². The average molecular weight is 385 g/mol. The van der Waals surface area contributed by atoms with Gasteiger partial charge in [-0.3, -0.25) is 4.79 Å². The van der Waals surface area contributed by atoms with E-state index in [-0.39, 0.29) is 29.0 Å². The van der Waals surface area contributed by atoms with Crippen molar-refractivity contribution in [3.05, 3.63) is 63.8 Å². The van der Waals surface area contributed by atoms with Gasteiger partial charge in [-0.15, -0.1) is 0 Å². The molecule has 0 aliphatic carbocycles. The maximum atomic E-state index is 13.8. The van der Waals surface area contributed by atoms with Crippen molar-refractivity contribution in [3.8, 4) is 0 Å². The van der Waals surface area contributed by atoms with Gasteiger partial charge in [0.25, 0.3) is 5.56 Å². The number of anilines is 1. The predicted molar refractivity (Wildman–Crippen MR) is 99.9 cm³/mol. The van der Waals surface area contributed by atoms with Crippen molar-refractivity contribution in [2.24, 2.45) is 5.92 Å². The van der Waals surface area contributed by atoms with Crippen molar-refractivity contribution >= 4 is 17.7 Å². The van der Waals surface area contributed by atoms with Crippen molar-refractivity contribution in [3.63, 3.8) is 0 Å². The number of ether oxygens (including phenoxy) is 1. The number of methoxy groups -OCH3 is 1. The number of carbonyl (C=O) groups is 2. The van der Waals surface area contributed by atoms with Crippen molar-refractivity contribution in [1.82, 2.24) is 9.47 Å². The minimum atomic E-state index is -0.803. The highest BCUT2D eigenvalue weighted by Gasteiger charge is 2.36. The van der Waals surface area contributed by atoms with Crippen LogP contribution in [0, 0.1) is 11.7 Å². The van der Waals surface area contributed by atoms with Crippen LogP contribution in [0.2, 0.25) is 0 Å². The topological polar surface area (TPSA) is 80.6 Å². The van der Waals surface area contributed by atoms with Crippen molar-refractivity contribution in [2.45, 2.75) is 18.9 Å². The van der Waals surface area contributed by atoms with Gasteiger partial charge < -0.3 is 19.5 Å². The molecule has 2 atom stereocenters. The molecule has 2 unspecified atom stereocenters. The number of hydrogen-bond acceptors (Lipinski definition) is 4. The van der Waals surface area contributed by atoms with E-state index in [0.29, 0.717) is 25.3 Å². The Bertz CT molecular complexity index is 1000. The fraction of sp³-hybridized carbons (Fsp3) is 0.350. The number of rotatable bonds is 2. The van der Waals surface area contributed by atoms with Gasteiger partial charge in [-0.2, -0.15) is 0 Å². The van der Waals surface area contributed by atoms with E-state index < -0.39 is 11.8 Å². The molecule has 1 N–H and O–H groups in total. The Balaban J connectivity index is 1.51. The van der Waals surface area contributed by atoms with E-state index in [4.69, 9.17) is 0 Å². The van der Waals surface area contributed by atoms with E-state index in [2.05, 4.69) is 10.1 Å². The summed E-state index contributed by atoms with van der Waals surface area (Å²) in [6, 6.07) is 8.71. The van der Waals surface area contributed by atoms with Gasteiger partial charge in [-0.1, -0.05) is 6.07 Å². The third kappa shape index (κ3) is 3.26. The molecule has 2 aliphatic heterocycles. The zero-order chi connectivity index (χ0) is 19.8. The number of pyridine rings is 1. The van der Waals surface area contributed by atoms with E-state index >= 15 is 0 Å².